The molecular formula is C20H22ClN2O2+. The molecule has 0 radical (unpaired) electrons. The van der Waals surface area contributed by atoms with Crippen LogP contribution in [-0.2, 0) is 22.4 Å². The van der Waals surface area contributed by atoms with Gasteiger partial charge in [-0.15, -0.1) is 0 Å². The average Bonchev–Trinajstić information content (AvgIpc) is 2.90. The fourth-order valence-electron chi connectivity index (χ4n) is 3.13. The highest BCUT2D eigenvalue weighted by molar-refractivity contribution is 6.31. The molecule has 2 amide bonds. The van der Waals surface area contributed by atoms with Crippen molar-refractivity contribution < 1.29 is 14.9 Å². The first kappa shape index (κ1) is 17.6. The molecule has 25 heavy (non-hydrogen) atoms. The molecule has 1 aliphatic heterocycles. The number of imide groups is 1. The number of hydrogen-bond acceptors (Lipinski definition) is 2. The van der Waals surface area contributed by atoms with Crippen molar-refractivity contribution >= 4 is 29.1 Å². The number of nitrogens with two attached hydrogens (primary N) is 1. The molecule has 0 aliphatic carbocycles. The van der Waals surface area contributed by atoms with Crippen molar-refractivity contribution in [3.05, 3.63) is 64.7 Å². The largest absolute Gasteiger partial charge is 0.335 e. The van der Waals surface area contributed by atoms with E-state index in [1.165, 1.54) is 10.5 Å². The van der Waals surface area contributed by atoms with Gasteiger partial charge in [-0.25, -0.2) is 4.90 Å². The third-order valence-corrected chi connectivity index (χ3v) is 4.98. The zero-order valence-corrected chi connectivity index (χ0v) is 15.0. The fraction of sp³-hybridized carbons (Fsp3) is 0.300. The van der Waals surface area contributed by atoms with E-state index < -0.39 is 0 Å². The van der Waals surface area contributed by atoms with Gasteiger partial charge in [0.1, 0.15) is 0 Å². The molecule has 0 spiro atoms. The molecule has 0 bridgehead atoms. The molecule has 2 aromatic carbocycles. The lowest BCUT2D eigenvalue weighted by Gasteiger charge is -2.14. The smallest absolute Gasteiger partial charge is 0.292 e. The van der Waals surface area contributed by atoms with Gasteiger partial charge in [0, 0.05) is 11.4 Å². The number of anilines is 1. The lowest BCUT2D eigenvalue weighted by atomic mass is 10.1. The summed E-state index contributed by atoms with van der Waals surface area (Å²) < 4.78 is 0. The first-order valence-electron chi connectivity index (χ1n) is 8.62. The summed E-state index contributed by atoms with van der Waals surface area (Å²) in [5.41, 5.74) is 2.91. The summed E-state index contributed by atoms with van der Waals surface area (Å²) in [6, 6.07) is 15.0. The van der Waals surface area contributed by atoms with Gasteiger partial charge in [-0.05, 0) is 35.7 Å². The number of halogens is 1. The third kappa shape index (κ3) is 3.91. The van der Waals surface area contributed by atoms with E-state index >= 15 is 0 Å². The van der Waals surface area contributed by atoms with Gasteiger partial charge >= 0.3 is 0 Å². The van der Waals surface area contributed by atoms with Crippen LogP contribution in [0.5, 0.6) is 0 Å². The number of hydrogen-bond donors (Lipinski definition) is 1. The maximum absolute atomic E-state index is 12.6. The minimum Gasteiger partial charge on any atom is -0.335 e. The van der Waals surface area contributed by atoms with E-state index in [4.69, 9.17) is 11.6 Å². The summed E-state index contributed by atoms with van der Waals surface area (Å²) in [4.78, 5) is 26.2. The van der Waals surface area contributed by atoms with Crippen molar-refractivity contribution in [2.75, 3.05) is 11.4 Å². The summed E-state index contributed by atoms with van der Waals surface area (Å²) in [5, 5.41) is 2.69. The van der Waals surface area contributed by atoms with Crippen LogP contribution in [0.25, 0.3) is 0 Å². The maximum atomic E-state index is 12.6. The van der Waals surface area contributed by atoms with E-state index in [9.17, 15) is 9.59 Å². The second-order valence-electron chi connectivity index (χ2n) is 6.26. The summed E-state index contributed by atoms with van der Waals surface area (Å²) >= 11 is 6.16. The first-order valence-corrected chi connectivity index (χ1v) is 9.00. The Labute approximate surface area is 152 Å². The summed E-state index contributed by atoms with van der Waals surface area (Å²) in [6.07, 6.45) is 1.94. The molecule has 2 aromatic rings. The van der Waals surface area contributed by atoms with E-state index in [1.54, 1.807) is 0 Å². The molecule has 1 atom stereocenters. The van der Waals surface area contributed by atoms with Crippen LogP contribution in [0, 0.1) is 0 Å². The molecule has 0 saturated carbocycles. The van der Waals surface area contributed by atoms with Gasteiger partial charge in [-0.1, -0.05) is 48.9 Å². The highest BCUT2D eigenvalue weighted by atomic mass is 35.5. The highest BCUT2D eigenvalue weighted by Crippen LogP contribution is 2.22. The van der Waals surface area contributed by atoms with Gasteiger partial charge in [0.15, 0.2) is 6.04 Å². The molecule has 5 heteroatoms. The van der Waals surface area contributed by atoms with Crippen LogP contribution in [0.2, 0.25) is 5.02 Å². The Bertz CT molecular complexity index is 774. The quantitative estimate of drug-likeness (QED) is 0.807. The van der Waals surface area contributed by atoms with Gasteiger partial charge < -0.3 is 5.32 Å². The van der Waals surface area contributed by atoms with Crippen molar-refractivity contribution in [3.63, 3.8) is 0 Å². The number of benzene rings is 2. The number of nitrogens with zero attached hydrogens (tertiary/aromatic N) is 1. The minimum absolute atomic E-state index is 0.131. The summed E-state index contributed by atoms with van der Waals surface area (Å²) in [7, 11) is 0. The zero-order chi connectivity index (χ0) is 17.8. The molecule has 2 N–H and O–H groups in total. The lowest BCUT2D eigenvalue weighted by molar-refractivity contribution is -0.674. The van der Waals surface area contributed by atoms with E-state index in [0.717, 1.165) is 30.0 Å². The van der Waals surface area contributed by atoms with Crippen LogP contribution < -0.4 is 10.2 Å². The molecule has 130 valence electrons. The Morgan fingerprint density at radius 3 is 2.52 bits per heavy atom. The van der Waals surface area contributed by atoms with Crippen LogP contribution in [-0.4, -0.2) is 24.4 Å². The second kappa shape index (κ2) is 7.81. The predicted molar refractivity (Wildman–Crippen MR) is 98.7 cm³/mol. The predicted octanol–water partition coefficient (Wildman–Crippen LogP) is 2.34. The van der Waals surface area contributed by atoms with Gasteiger partial charge in [-0.2, -0.15) is 0 Å². The highest BCUT2D eigenvalue weighted by Gasteiger charge is 2.41. The van der Waals surface area contributed by atoms with Crippen LogP contribution in [0.15, 0.2) is 48.5 Å². The Balaban J connectivity index is 1.61. The number of carbonyl (C=O) groups is 2. The molecular weight excluding hydrogens is 336 g/mol. The normalized spacial score (nSPS) is 17.4. The number of aryl methyl sites for hydroxylation is 1. The lowest BCUT2D eigenvalue weighted by Crippen LogP contribution is -2.92. The minimum atomic E-state index is -0.346. The molecule has 4 nitrogen and oxygen atoms in total. The van der Waals surface area contributed by atoms with Gasteiger partial charge in [0.05, 0.1) is 18.7 Å². The van der Waals surface area contributed by atoms with Crippen molar-refractivity contribution in [1.82, 2.24) is 0 Å². The topological polar surface area (TPSA) is 54.0 Å². The van der Waals surface area contributed by atoms with E-state index in [0.29, 0.717) is 5.69 Å². The summed E-state index contributed by atoms with van der Waals surface area (Å²) in [6.45, 7) is 2.79. The van der Waals surface area contributed by atoms with Crippen molar-refractivity contribution in [2.45, 2.75) is 32.2 Å². The molecule has 1 fully saturated rings. The van der Waals surface area contributed by atoms with Crippen LogP contribution in [0.1, 0.15) is 24.5 Å². The van der Waals surface area contributed by atoms with Crippen LogP contribution in [0.3, 0.4) is 0 Å². The van der Waals surface area contributed by atoms with E-state index in [-0.39, 0.29) is 24.3 Å². The molecule has 1 heterocycles. The Hall–Kier alpha value is -2.17. The zero-order valence-electron chi connectivity index (χ0n) is 14.2. The van der Waals surface area contributed by atoms with Gasteiger partial charge in [0.25, 0.3) is 5.91 Å². The standard InChI is InChI=1S/C20H21ClN2O2/c1-2-14-7-9-16(10-8-14)23-19(24)13-18(20(23)25)22-12-11-15-5-3-4-6-17(15)21/h3-10,18,22H,2,11-13H2,1H3/p+1/t18-/m1/s1. The van der Waals surface area contributed by atoms with Gasteiger partial charge in [-0.3, -0.25) is 9.59 Å². The number of quaternary nitrogens is 1. The fourth-order valence-corrected chi connectivity index (χ4v) is 3.36. The second-order valence-corrected chi connectivity index (χ2v) is 6.67. The SMILES string of the molecule is CCc1ccc(N2C(=O)C[C@@H]([NH2+]CCc3ccccc3Cl)C2=O)cc1. The van der Waals surface area contributed by atoms with Crippen molar-refractivity contribution in [2.24, 2.45) is 0 Å². The monoisotopic (exact) mass is 357 g/mol. The molecule has 0 aromatic heterocycles. The number of rotatable bonds is 6. The summed E-state index contributed by atoms with van der Waals surface area (Å²) in [5.74, 6) is -0.262. The van der Waals surface area contributed by atoms with Crippen molar-refractivity contribution in [3.8, 4) is 0 Å². The van der Waals surface area contributed by atoms with Crippen LogP contribution >= 0.6 is 11.6 Å². The Morgan fingerprint density at radius 1 is 1.12 bits per heavy atom. The number of carbonyl (C=O) groups excluding carboxylic acids is 2. The van der Waals surface area contributed by atoms with E-state index in [2.05, 4.69) is 6.92 Å². The number of amides is 2. The van der Waals surface area contributed by atoms with E-state index in [1.807, 2.05) is 53.8 Å². The molecule has 0 unspecified atom stereocenters. The van der Waals surface area contributed by atoms with Crippen molar-refractivity contribution in [1.29, 1.82) is 0 Å². The molecule has 1 aliphatic rings. The Morgan fingerprint density at radius 2 is 1.84 bits per heavy atom. The first-order chi connectivity index (χ1) is 12.1. The van der Waals surface area contributed by atoms with Gasteiger partial charge in [0.2, 0.25) is 5.91 Å². The van der Waals surface area contributed by atoms with Crippen LogP contribution in [0.4, 0.5) is 5.69 Å². The maximum Gasteiger partial charge on any atom is 0.292 e. The molecule has 1 saturated heterocycles. The average molecular weight is 358 g/mol. The Kier molecular flexibility index (Phi) is 5.51. The molecule has 3 rings (SSSR count). The third-order valence-electron chi connectivity index (χ3n) is 4.61.